The molecule has 0 fully saturated rings. The second-order valence-corrected chi connectivity index (χ2v) is 5.44. The second-order valence-electron chi connectivity index (χ2n) is 4.09. The third-order valence-corrected chi connectivity index (χ3v) is 3.34. The molecule has 6 heteroatoms. The number of benzene rings is 2. The predicted octanol–water partition coefficient (Wildman–Crippen LogP) is 3.51. The first-order valence-electron chi connectivity index (χ1n) is 6.00. The van der Waals surface area contributed by atoms with Gasteiger partial charge in [-0.2, -0.15) is 0 Å². The quantitative estimate of drug-likeness (QED) is 0.286. The van der Waals surface area contributed by atoms with Crippen LogP contribution in [0.2, 0.25) is 5.02 Å². The Bertz CT molecular complexity index is 654. The zero-order valence-corrected chi connectivity index (χ0v) is 13.2. The fourth-order valence-corrected chi connectivity index (χ4v) is 1.94. The molecule has 2 aromatic carbocycles. The maximum Gasteiger partial charge on any atom is 0.300 e. The van der Waals surface area contributed by atoms with Gasteiger partial charge in [0.15, 0.2) is 5.76 Å². The average molecular weight is 368 g/mol. The third-order valence-electron chi connectivity index (χ3n) is 2.56. The Hall–Kier alpha value is -1.82. The number of hydrogen-bond donors (Lipinski definition) is 2. The summed E-state index contributed by atoms with van der Waals surface area (Å²) < 4.78 is 6.50. The van der Waals surface area contributed by atoms with Crippen molar-refractivity contribution in [3.05, 3.63) is 69.3 Å². The first-order valence-corrected chi connectivity index (χ1v) is 7.17. The van der Waals surface area contributed by atoms with Gasteiger partial charge in [0.1, 0.15) is 5.75 Å². The fourth-order valence-electron chi connectivity index (χ4n) is 1.55. The van der Waals surface area contributed by atoms with E-state index in [9.17, 15) is 4.79 Å². The fraction of sp³-hybridized carbons (Fsp3) is 0. The van der Waals surface area contributed by atoms with Gasteiger partial charge in [-0.05, 0) is 48.0 Å². The summed E-state index contributed by atoms with van der Waals surface area (Å²) in [7, 11) is 0. The SMILES string of the molecule is NNC(=O)/C(=C/c1ccc(Br)cc1)Oc1ccc(Cl)cc1. The third kappa shape index (κ3) is 4.60. The lowest BCUT2D eigenvalue weighted by atomic mass is 10.2. The largest absolute Gasteiger partial charge is 0.452 e. The summed E-state index contributed by atoms with van der Waals surface area (Å²) in [4.78, 5) is 11.8. The van der Waals surface area contributed by atoms with Crippen molar-refractivity contribution in [3.63, 3.8) is 0 Å². The van der Waals surface area contributed by atoms with Crippen LogP contribution in [0.4, 0.5) is 0 Å². The van der Waals surface area contributed by atoms with Gasteiger partial charge >= 0.3 is 5.91 Å². The van der Waals surface area contributed by atoms with E-state index in [-0.39, 0.29) is 5.76 Å². The Labute approximate surface area is 135 Å². The number of carbonyl (C=O) groups is 1. The number of hydrazine groups is 1. The van der Waals surface area contributed by atoms with Crippen LogP contribution < -0.4 is 16.0 Å². The molecular weight excluding hydrogens is 356 g/mol. The molecule has 3 N–H and O–H groups in total. The van der Waals surface area contributed by atoms with Crippen LogP contribution in [0.1, 0.15) is 5.56 Å². The Morgan fingerprint density at radius 3 is 2.33 bits per heavy atom. The Balaban J connectivity index is 2.27. The van der Waals surface area contributed by atoms with E-state index in [1.807, 2.05) is 24.3 Å². The molecule has 0 aliphatic rings. The normalized spacial score (nSPS) is 11.1. The first-order chi connectivity index (χ1) is 10.1. The van der Waals surface area contributed by atoms with Crippen molar-refractivity contribution in [2.24, 2.45) is 5.84 Å². The molecule has 21 heavy (non-hydrogen) atoms. The lowest BCUT2D eigenvalue weighted by Gasteiger charge is -2.09. The highest BCUT2D eigenvalue weighted by Crippen LogP contribution is 2.20. The van der Waals surface area contributed by atoms with Crippen LogP contribution >= 0.6 is 27.5 Å². The lowest BCUT2D eigenvalue weighted by Crippen LogP contribution is -2.33. The van der Waals surface area contributed by atoms with Crippen LogP contribution in [-0.2, 0) is 4.79 Å². The van der Waals surface area contributed by atoms with Gasteiger partial charge in [0.05, 0.1) is 0 Å². The van der Waals surface area contributed by atoms with Crippen molar-refractivity contribution in [2.45, 2.75) is 0 Å². The molecule has 108 valence electrons. The van der Waals surface area contributed by atoms with Crippen LogP contribution in [0.15, 0.2) is 58.8 Å². The predicted molar refractivity (Wildman–Crippen MR) is 86.5 cm³/mol. The van der Waals surface area contributed by atoms with Crippen molar-refractivity contribution in [3.8, 4) is 5.75 Å². The topological polar surface area (TPSA) is 64.3 Å². The van der Waals surface area contributed by atoms with Gasteiger partial charge in [-0.25, -0.2) is 5.84 Å². The molecule has 0 spiro atoms. The molecule has 0 aromatic heterocycles. The molecule has 0 aliphatic carbocycles. The molecule has 1 amide bonds. The molecule has 0 aliphatic heterocycles. The van der Waals surface area contributed by atoms with Crippen LogP contribution in [-0.4, -0.2) is 5.91 Å². The van der Waals surface area contributed by atoms with E-state index < -0.39 is 5.91 Å². The number of hydrogen-bond acceptors (Lipinski definition) is 3. The standard InChI is InChI=1S/C15H12BrClN2O2/c16-11-3-1-10(2-4-11)9-14(15(20)19-18)21-13-7-5-12(17)6-8-13/h1-9H,18H2,(H,19,20)/b14-9-. The van der Waals surface area contributed by atoms with E-state index in [0.717, 1.165) is 10.0 Å². The molecule has 0 saturated heterocycles. The summed E-state index contributed by atoms with van der Waals surface area (Å²) in [6, 6.07) is 14.1. The molecule has 0 radical (unpaired) electrons. The van der Waals surface area contributed by atoms with E-state index in [2.05, 4.69) is 21.4 Å². The summed E-state index contributed by atoms with van der Waals surface area (Å²) in [5.74, 6) is 5.24. The van der Waals surface area contributed by atoms with Crippen LogP contribution in [0.25, 0.3) is 6.08 Å². The van der Waals surface area contributed by atoms with Crippen LogP contribution in [0.3, 0.4) is 0 Å². The first kappa shape index (κ1) is 15.6. The maximum absolute atomic E-state index is 11.8. The number of halogens is 2. The number of amides is 1. The number of nitrogens with one attached hydrogen (secondary N) is 1. The highest BCUT2D eigenvalue weighted by molar-refractivity contribution is 9.10. The summed E-state index contributed by atoms with van der Waals surface area (Å²) in [6.07, 6.45) is 1.60. The minimum absolute atomic E-state index is 0.0853. The second kappa shape index (κ2) is 7.26. The molecule has 4 nitrogen and oxygen atoms in total. The molecule has 0 bridgehead atoms. The highest BCUT2D eigenvalue weighted by Gasteiger charge is 2.11. The van der Waals surface area contributed by atoms with Gasteiger partial charge < -0.3 is 4.74 Å². The Kier molecular flexibility index (Phi) is 5.38. The molecule has 2 rings (SSSR count). The number of ether oxygens (including phenoxy) is 1. The van der Waals surface area contributed by atoms with Gasteiger partial charge in [-0.3, -0.25) is 10.2 Å². The van der Waals surface area contributed by atoms with Crippen molar-refractivity contribution >= 4 is 39.5 Å². The van der Waals surface area contributed by atoms with Gasteiger partial charge in [0.2, 0.25) is 0 Å². The van der Waals surface area contributed by atoms with Crippen LogP contribution in [0.5, 0.6) is 5.75 Å². The molecule has 0 unspecified atom stereocenters. The van der Waals surface area contributed by atoms with E-state index in [0.29, 0.717) is 10.8 Å². The maximum atomic E-state index is 11.8. The van der Waals surface area contributed by atoms with Gasteiger partial charge in [0, 0.05) is 9.50 Å². The van der Waals surface area contributed by atoms with E-state index in [1.165, 1.54) is 0 Å². The smallest absolute Gasteiger partial charge is 0.300 e. The summed E-state index contributed by atoms with van der Waals surface area (Å²) in [5, 5.41) is 0.587. The number of rotatable bonds is 4. The lowest BCUT2D eigenvalue weighted by molar-refractivity contribution is -0.119. The van der Waals surface area contributed by atoms with Crippen molar-refractivity contribution in [2.75, 3.05) is 0 Å². The Morgan fingerprint density at radius 1 is 1.14 bits per heavy atom. The number of nitrogens with two attached hydrogens (primary N) is 1. The van der Waals surface area contributed by atoms with Crippen molar-refractivity contribution in [1.29, 1.82) is 0 Å². The molecular formula is C15H12BrClN2O2. The average Bonchev–Trinajstić information content (AvgIpc) is 2.50. The van der Waals surface area contributed by atoms with E-state index in [1.54, 1.807) is 30.3 Å². The summed E-state index contributed by atoms with van der Waals surface area (Å²) in [6.45, 7) is 0. The van der Waals surface area contributed by atoms with Crippen LogP contribution in [0, 0.1) is 0 Å². The van der Waals surface area contributed by atoms with Crippen molar-refractivity contribution in [1.82, 2.24) is 5.43 Å². The minimum atomic E-state index is -0.520. The molecule has 0 heterocycles. The monoisotopic (exact) mass is 366 g/mol. The highest BCUT2D eigenvalue weighted by atomic mass is 79.9. The zero-order valence-electron chi connectivity index (χ0n) is 10.8. The Morgan fingerprint density at radius 2 is 1.76 bits per heavy atom. The molecule has 0 saturated carbocycles. The zero-order chi connectivity index (χ0) is 15.2. The van der Waals surface area contributed by atoms with Gasteiger partial charge in [-0.15, -0.1) is 0 Å². The van der Waals surface area contributed by atoms with Crippen molar-refractivity contribution < 1.29 is 9.53 Å². The minimum Gasteiger partial charge on any atom is -0.452 e. The van der Waals surface area contributed by atoms with E-state index in [4.69, 9.17) is 22.2 Å². The molecule has 2 aromatic rings. The van der Waals surface area contributed by atoms with Gasteiger partial charge in [-0.1, -0.05) is 39.7 Å². The summed E-state index contributed by atoms with van der Waals surface area (Å²) >= 11 is 9.16. The van der Waals surface area contributed by atoms with E-state index >= 15 is 0 Å². The summed E-state index contributed by atoms with van der Waals surface area (Å²) in [5.41, 5.74) is 2.87. The van der Waals surface area contributed by atoms with Gasteiger partial charge in [0.25, 0.3) is 0 Å². The molecule has 0 atom stereocenters. The number of carbonyl (C=O) groups excluding carboxylic acids is 1.